The van der Waals surface area contributed by atoms with Crippen LogP contribution in [0.3, 0.4) is 0 Å². The van der Waals surface area contributed by atoms with Gasteiger partial charge in [-0.3, -0.25) is 9.69 Å². The number of benzene rings is 2. The van der Waals surface area contributed by atoms with Gasteiger partial charge in [0.15, 0.2) is 5.13 Å². The zero-order chi connectivity index (χ0) is 21.1. The summed E-state index contributed by atoms with van der Waals surface area (Å²) in [5.41, 5.74) is 1.36. The Morgan fingerprint density at radius 2 is 2.00 bits per heavy atom. The fourth-order valence-electron chi connectivity index (χ4n) is 3.60. The molecule has 1 atom stereocenters. The first-order valence-electron chi connectivity index (χ1n) is 9.74. The van der Waals surface area contributed by atoms with Gasteiger partial charge in [-0.25, -0.2) is 4.98 Å². The van der Waals surface area contributed by atoms with Crippen LogP contribution in [0.4, 0.5) is 5.13 Å². The van der Waals surface area contributed by atoms with Crippen LogP contribution in [0.25, 0.3) is 10.2 Å². The van der Waals surface area contributed by atoms with Gasteiger partial charge < -0.3 is 14.2 Å². The number of anilines is 1. The maximum absolute atomic E-state index is 13.7. The summed E-state index contributed by atoms with van der Waals surface area (Å²) in [6.45, 7) is 1.20. The Morgan fingerprint density at radius 1 is 1.23 bits per heavy atom. The van der Waals surface area contributed by atoms with E-state index in [-0.39, 0.29) is 12.0 Å². The molecule has 0 radical (unpaired) electrons. The standard InChI is InChI=1S/C22H24N2O4S2/c1-26-16-10-11-17(27-2)20-19(16)23-22(30-20)24(13-14-7-6-12-28-14)21(25)15-8-4-5-9-18(15)29-3/h4-5,8-11,14H,6-7,12-13H2,1-3H3. The number of thiazole rings is 1. The van der Waals surface area contributed by atoms with E-state index >= 15 is 0 Å². The molecule has 1 fully saturated rings. The van der Waals surface area contributed by atoms with Crippen molar-refractivity contribution in [3.8, 4) is 11.5 Å². The van der Waals surface area contributed by atoms with Gasteiger partial charge in [-0.05, 0) is 43.4 Å². The van der Waals surface area contributed by atoms with Crippen LogP contribution in [0.15, 0.2) is 41.3 Å². The van der Waals surface area contributed by atoms with Gasteiger partial charge in [0.1, 0.15) is 21.7 Å². The van der Waals surface area contributed by atoms with Crippen LogP contribution in [-0.4, -0.2) is 50.6 Å². The second kappa shape index (κ2) is 9.24. The molecular formula is C22H24N2O4S2. The van der Waals surface area contributed by atoms with Crippen LogP contribution in [0, 0.1) is 0 Å². The predicted molar refractivity (Wildman–Crippen MR) is 122 cm³/mol. The number of thioether (sulfide) groups is 1. The van der Waals surface area contributed by atoms with Crippen molar-refractivity contribution in [3.05, 3.63) is 42.0 Å². The van der Waals surface area contributed by atoms with Crippen molar-refractivity contribution >= 4 is 44.4 Å². The first kappa shape index (κ1) is 21.0. The first-order valence-corrected chi connectivity index (χ1v) is 11.8. The molecule has 1 aliphatic rings. The minimum atomic E-state index is -0.0764. The van der Waals surface area contributed by atoms with E-state index in [4.69, 9.17) is 19.2 Å². The molecule has 0 bridgehead atoms. The molecule has 1 aliphatic heterocycles. The zero-order valence-electron chi connectivity index (χ0n) is 17.2. The SMILES string of the molecule is COc1ccc(OC)c2sc(N(CC3CCCO3)C(=O)c3ccccc3SC)nc12. The van der Waals surface area contributed by atoms with Crippen molar-refractivity contribution in [2.75, 3.05) is 38.5 Å². The van der Waals surface area contributed by atoms with Gasteiger partial charge in [-0.15, -0.1) is 11.8 Å². The van der Waals surface area contributed by atoms with Crippen molar-refractivity contribution in [1.82, 2.24) is 4.98 Å². The highest BCUT2D eigenvalue weighted by Gasteiger charge is 2.29. The number of amides is 1. The summed E-state index contributed by atoms with van der Waals surface area (Å²) in [5, 5.41) is 0.615. The van der Waals surface area contributed by atoms with Crippen LogP contribution >= 0.6 is 23.1 Å². The minimum absolute atomic E-state index is 0.00574. The average Bonchev–Trinajstić information content (AvgIpc) is 3.46. The van der Waals surface area contributed by atoms with Gasteiger partial charge in [-0.2, -0.15) is 0 Å². The van der Waals surface area contributed by atoms with Crippen molar-refractivity contribution in [3.63, 3.8) is 0 Å². The summed E-state index contributed by atoms with van der Waals surface area (Å²) in [7, 11) is 3.24. The first-order chi connectivity index (χ1) is 14.7. The van der Waals surface area contributed by atoms with Gasteiger partial charge in [-0.1, -0.05) is 23.5 Å². The molecule has 1 saturated heterocycles. The Balaban J connectivity index is 1.80. The van der Waals surface area contributed by atoms with E-state index in [1.165, 1.54) is 11.3 Å². The Bertz CT molecular complexity index is 1010. The number of fused-ring (bicyclic) bond motifs is 1. The highest BCUT2D eigenvalue weighted by Crippen LogP contribution is 2.41. The number of ether oxygens (including phenoxy) is 3. The van der Waals surface area contributed by atoms with Gasteiger partial charge in [0.05, 0.1) is 32.4 Å². The second-order valence-corrected chi connectivity index (χ2v) is 8.72. The summed E-state index contributed by atoms with van der Waals surface area (Å²) >= 11 is 2.99. The van der Waals surface area contributed by atoms with E-state index in [1.54, 1.807) is 30.9 Å². The number of rotatable bonds is 7. The van der Waals surface area contributed by atoms with E-state index in [1.807, 2.05) is 42.7 Å². The topological polar surface area (TPSA) is 60.9 Å². The van der Waals surface area contributed by atoms with E-state index in [9.17, 15) is 4.79 Å². The molecule has 6 nitrogen and oxygen atoms in total. The minimum Gasteiger partial charge on any atom is -0.495 e. The summed E-state index contributed by atoms with van der Waals surface area (Å²) in [6, 6.07) is 11.4. The zero-order valence-corrected chi connectivity index (χ0v) is 18.8. The molecule has 0 spiro atoms. The van der Waals surface area contributed by atoms with Gasteiger partial charge in [0.25, 0.3) is 5.91 Å². The molecule has 1 aromatic heterocycles. The number of methoxy groups -OCH3 is 2. The summed E-state index contributed by atoms with van der Waals surface area (Å²) in [6.07, 6.45) is 3.93. The normalized spacial score (nSPS) is 16.0. The van der Waals surface area contributed by atoms with Gasteiger partial charge in [0.2, 0.25) is 0 Å². The molecule has 0 saturated carbocycles. The van der Waals surface area contributed by atoms with Gasteiger partial charge >= 0.3 is 0 Å². The third kappa shape index (κ3) is 3.99. The van der Waals surface area contributed by atoms with Crippen molar-refractivity contribution in [2.45, 2.75) is 23.8 Å². The molecule has 30 heavy (non-hydrogen) atoms. The fraction of sp³-hybridized carbons (Fsp3) is 0.364. The Morgan fingerprint density at radius 3 is 2.70 bits per heavy atom. The van der Waals surface area contributed by atoms with E-state index in [0.717, 1.165) is 29.0 Å². The predicted octanol–water partition coefficient (Wildman–Crippen LogP) is 4.86. The lowest BCUT2D eigenvalue weighted by Crippen LogP contribution is -2.37. The molecule has 1 unspecified atom stereocenters. The molecule has 4 rings (SSSR count). The van der Waals surface area contributed by atoms with Crippen LogP contribution in [0.5, 0.6) is 11.5 Å². The monoisotopic (exact) mass is 444 g/mol. The molecule has 0 N–H and O–H groups in total. The molecular weight excluding hydrogens is 420 g/mol. The number of aromatic nitrogens is 1. The lowest BCUT2D eigenvalue weighted by Gasteiger charge is -2.24. The number of hydrogen-bond donors (Lipinski definition) is 0. The molecule has 3 aromatic rings. The number of carbonyl (C=O) groups excluding carboxylic acids is 1. The third-order valence-electron chi connectivity index (χ3n) is 5.12. The van der Waals surface area contributed by atoms with E-state index < -0.39 is 0 Å². The Hall–Kier alpha value is -2.29. The van der Waals surface area contributed by atoms with Crippen molar-refractivity contribution in [1.29, 1.82) is 0 Å². The number of carbonyl (C=O) groups is 1. The summed E-state index contributed by atoms with van der Waals surface area (Å²) in [5.74, 6) is 1.29. The quantitative estimate of drug-likeness (QED) is 0.485. The highest BCUT2D eigenvalue weighted by atomic mass is 32.2. The maximum Gasteiger partial charge on any atom is 0.261 e. The Kier molecular flexibility index (Phi) is 6.46. The third-order valence-corrected chi connectivity index (χ3v) is 7.01. The van der Waals surface area contributed by atoms with Crippen molar-refractivity contribution in [2.24, 2.45) is 0 Å². The second-order valence-electron chi connectivity index (χ2n) is 6.90. The van der Waals surface area contributed by atoms with Crippen LogP contribution in [0.1, 0.15) is 23.2 Å². The lowest BCUT2D eigenvalue weighted by atomic mass is 10.1. The molecule has 2 aromatic carbocycles. The number of nitrogens with zero attached hydrogens (tertiary/aromatic N) is 2. The smallest absolute Gasteiger partial charge is 0.261 e. The number of hydrogen-bond acceptors (Lipinski definition) is 7. The lowest BCUT2D eigenvalue weighted by molar-refractivity contribution is 0.0915. The summed E-state index contributed by atoms with van der Waals surface area (Å²) in [4.78, 5) is 21.1. The Labute approximate surface area is 184 Å². The molecule has 8 heteroatoms. The maximum atomic E-state index is 13.7. The molecule has 1 amide bonds. The van der Waals surface area contributed by atoms with Crippen molar-refractivity contribution < 1.29 is 19.0 Å². The van der Waals surface area contributed by atoms with Crippen LogP contribution in [-0.2, 0) is 4.74 Å². The van der Waals surface area contributed by atoms with Crippen LogP contribution in [0.2, 0.25) is 0 Å². The fourth-order valence-corrected chi connectivity index (χ4v) is 5.27. The van der Waals surface area contributed by atoms with Gasteiger partial charge in [0, 0.05) is 11.5 Å². The average molecular weight is 445 g/mol. The molecule has 2 heterocycles. The summed E-state index contributed by atoms with van der Waals surface area (Å²) < 4.78 is 17.7. The highest BCUT2D eigenvalue weighted by molar-refractivity contribution is 7.98. The molecule has 0 aliphatic carbocycles. The van der Waals surface area contributed by atoms with E-state index in [0.29, 0.717) is 34.3 Å². The van der Waals surface area contributed by atoms with E-state index in [2.05, 4.69) is 0 Å². The van der Waals surface area contributed by atoms with Crippen LogP contribution < -0.4 is 14.4 Å². The molecule has 158 valence electrons. The largest absolute Gasteiger partial charge is 0.495 e.